The monoisotopic (exact) mass is 162 g/mol. The normalized spacial score (nSPS) is 14.5. The molecule has 0 bridgehead atoms. The maximum atomic E-state index is 10.3. The van der Waals surface area contributed by atoms with Crippen molar-refractivity contribution in [3.63, 3.8) is 0 Å². The first kappa shape index (κ1) is 10.4. The predicted octanol–water partition coefficient (Wildman–Crippen LogP) is 0.452. The maximum Gasteiger partial charge on any atom is 0.308 e. The number of hydrogen-bond donors (Lipinski definition) is 2. The first-order valence-electron chi connectivity index (χ1n) is 3.42. The Bertz CT molecular complexity index is 136. The van der Waals surface area contributed by atoms with Crippen molar-refractivity contribution in [1.82, 2.24) is 0 Å². The Labute approximate surface area is 65.8 Å². The highest BCUT2D eigenvalue weighted by molar-refractivity contribution is 5.69. The van der Waals surface area contributed by atoms with Crippen LogP contribution < -0.4 is 0 Å². The highest BCUT2D eigenvalue weighted by Gasteiger charge is 2.17. The van der Waals surface area contributed by atoms with Gasteiger partial charge in [0.15, 0.2) is 5.79 Å². The fourth-order valence-corrected chi connectivity index (χ4v) is 0.400. The second-order valence-corrected chi connectivity index (χ2v) is 3.00. The van der Waals surface area contributed by atoms with E-state index in [9.17, 15) is 4.79 Å². The molecule has 1 unspecified atom stereocenters. The zero-order chi connectivity index (χ0) is 9.07. The van der Waals surface area contributed by atoms with Gasteiger partial charge in [-0.1, -0.05) is 0 Å². The van der Waals surface area contributed by atoms with Crippen molar-refractivity contribution in [1.29, 1.82) is 0 Å². The van der Waals surface area contributed by atoms with Gasteiger partial charge in [-0.25, -0.2) is 0 Å². The molecule has 1 atom stereocenters. The van der Waals surface area contributed by atoms with E-state index in [0.717, 1.165) is 0 Å². The van der Waals surface area contributed by atoms with Crippen LogP contribution in [0.15, 0.2) is 0 Å². The quantitative estimate of drug-likeness (QED) is 0.589. The Hall–Kier alpha value is -0.610. The Morgan fingerprint density at radius 2 is 2.09 bits per heavy atom. The SMILES string of the molecule is CC(COC(C)(C)O)C(=O)O. The molecule has 0 aliphatic carbocycles. The van der Waals surface area contributed by atoms with Gasteiger partial charge in [0.1, 0.15) is 0 Å². The minimum absolute atomic E-state index is 0.0266. The van der Waals surface area contributed by atoms with Gasteiger partial charge in [-0.3, -0.25) is 4.79 Å². The number of carboxylic acid groups (broad SMARTS) is 1. The van der Waals surface area contributed by atoms with Crippen LogP contribution in [0.1, 0.15) is 20.8 Å². The summed E-state index contributed by atoms with van der Waals surface area (Å²) in [5.74, 6) is -2.75. The van der Waals surface area contributed by atoms with Gasteiger partial charge in [-0.2, -0.15) is 0 Å². The van der Waals surface area contributed by atoms with Crippen LogP contribution in [0.25, 0.3) is 0 Å². The molecule has 4 nitrogen and oxygen atoms in total. The van der Waals surface area contributed by atoms with Crippen molar-refractivity contribution in [3.8, 4) is 0 Å². The summed E-state index contributed by atoms with van der Waals surface area (Å²) in [5.41, 5.74) is 0. The highest BCUT2D eigenvalue weighted by Crippen LogP contribution is 2.06. The van der Waals surface area contributed by atoms with Gasteiger partial charge in [-0.05, 0) is 20.8 Å². The summed E-state index contributed by atoms with van der Waals surface area (Å²) in [6.45, 7) is 4.47. The molecule has 0 amide bonds. The van der Waals surface area contributed by atoms with E-state index in [-0.39, 0.29) is 6.61 Å². The molecule has 0 aromatic carbocycles. The molecule has 2 N–H and O–H groups in total. The average molecular weight is 162 g/mol. The van der Waals surface area contributed by atoms with E-state index in [4.69, 9.17) is 14.9 Å². The van der Waals surface area contributed by atoms with Crippen LogP contribution in [-0.2, 0) is 9.53 Å². The van der Waals surface area contributed by atoms with Gasteiger partial charge < -0.3 is 14.9 Å². The second-order valence-electron chi connectivity index (χ2n) is 3.00. The van der Waals surface area contributed by atoms with E-state index in [1.807, 2.05) is 0 Å². The van der Waals surface area contributed by atoms with Crippen molar-refractivity contribution in [3.05, 3.63) is 0 Å². The zero-order valence-corrected chi connectivity index (χ0v) is 7.00. The molecular formula is C7H14O4. The van der Waals surface area contributed by atoms with E-state index in [1.165, 1.54) is 20.8 Å². The highest BCUT2D eigenvalue weighted by atomic mass is 16.6. The third-order valence-corrected chi connectivity index (χ3v) is 1.11. The molecule has 4 heteroatoms. The molecule has 0 saturated carbocycles. The van der Waals surface area contributed by atoms with Crippen LogP contribution >= 0.6 is 0 Å². The standard InChI is InChI=1S/C7H14O4/c1-5(6(8)9)4-11-7(2,3)10/h5,10H,4H2,1-3H3,(H,8,9). The maximum absolute atomic E-state index is 10.3. The summed E-state index contributed by atoms with van der Waals surface area (Å²) in [4.78, 5) is 10.3. The number of aliphatic hydroxyl groups is 1. The molecule has 0 aromatic rings. The van der Waals surface area contributed by atoms with Crippen LogP contribution in [-0.4, -0.2) is 28.6 Å². The lowest BCUT2D eigenvalue weighted by Gasteiger charge is -2.19. The van der Waals surface area contributed by atoms with Crippen LogP contribution in [0.4, 0.5) is 0 Å². The number of rotatable bonds is 4. The first-order chi connectivity index (χ1) is 4.83. The fourth-order valence-electron chi connectivity index (χ4n) is 0.400. The number of aliphatic carboxylic acids is 1. The molecule has 0 aliphatic rings. The van der Waals surface area contributed by atoms with E-state index < -0.39 is 17.7 Å². The van der Waals surface area contributed by atoms with Crippen LogP contribution in [0, 0.1) is 5.92 Å². The van der Waals surface area contributed by atoms with Crippen molar-refractivity contribution in [2.24, 2.45) is 5.92 Å². The predicted molar refractivity (Wildman–Crippen MR) is 39.0 cm³/mol. The van der Waals surface area contributed by atoms with E-state index >= 15 is 0 Å². The molecule has 0 fully saturated rings. The van der Waals surface area contributed by atoms with Gasteiger partial charge in [0.2, 0.25) is 0 Å². The molecule has 0 aromatic heterocycles. The summed E-state index contributed by atoms with van der Waals surface area (Å²) in [7, 11) is 0. The van der Waals surface area contributed by atoms with E-state index in [0.29, 0.717) is 0 Å². The molecule has 66 valence electrons. The lowest BCUT2D eigenvalue weighted by molar-refractivity contribution is -0.186. The van der Waals surface area contributed by atoms with Crippen molar-refractivity contribution >= 4 is 5.97 Å². The van der Waals surface area contributed by atoms with Gasteiger partial charge in [0.25, 0.3) is 0 Å². The first-order valence-corrected chi connectivity index (χ1v) is 3.42. The lowest BCUT2D eigenvalue weighted by atomic mass is 10.2. The molecule has 0 heterocycles. The Kier molecular flexibility index (Phi) is 3.48. The summed E-state index contributed by atoms with van der Waals surface area (Å²) in [5, 5.41) is 17.5. The van der Waals surface area contributed by atoms with Crippen molar-refractivity contribution in [2.75, 3.05) is 6.61 Å². The largest absolute Gasteiger partial charge is 0.481 e. The number of carboxylic acids is 1. The molecule has 0 radical (unpaired) electrons. The summed E-state index contributed by atoms with van der Waals surface area (Å²) < 4.78 is 4.83. The molecule has 0 rings (SSSR count). The van der Waals surface area contributed by atoms with Gasteiger partial charge >= 0.3 is 5.97 Å². The lowest BCUT2D eigenvalue weighted by Crippen LogP contribution is -2.28. The summed E-state index contributed by atoms with van der Waals surface area (Å²) in [6.07, 6.45) is 0. The Morgan fingerprint density at radius 1 is 1.64 bits per heavy atom. The topological polar surface area (TPSA) is 66.8 Å². The van der Waals surface area contributed by atoms with E-state index in [1.54, 1.807) is 0 Å². The van der Waals surface area contributed by atoms with Crippen LogP contribution in [0.2, 0.25) is 0 Å². The number of hydrogen-bond acceptors (Lipinski definition) is 3. The second kappa shape index (κ2) is 3.69. The van der Waals surface area contributed by atoms with Crippen LogP contribution in [0.3, 0.4) is 0 Å². The van der Waals surface area contributed by atoms with Crippen LogP contribution in [0.5, 0.6) is 0 Å². The third-order valence-electron chi connectivity index (χ3n) is 1.11. The Morgan fingerprint density at radius 3 is 2.36 bits per heavy atom. The summed E-state index contributed by atoms with van der Waals surface area (Å²) >= 11 is 0. The fraction of sp³-hybridized carbons (Fsp3) is 0.857. The van der Waals surface area contributed by atoms with Gasteiger partial charge in [-0.15, -0.1) is 0 Å². The minimum Gasteiger partial charge on any atom is -0.481 e. The van der Waals surface area contributed by atoms with E-state index in [2.05, 4.69) is 0 Å². The molecular weight excluding hydrogens is 148 g/mol. The van der Waals surface area contributed by atoms with Gasteiger partial charge in [0.05, 0.1) is 12.5 Å². The van der Waals surface area contributed by atoms with Gasteiger partial charge in [0, 0.05) is 0 Å². The smallest absolute Gasteiger partial charge is 0.308 e. The molecule has 11 heavy (non-hydrogen) atoms. The van der Waals surface area contributed by atoms with Crippen molar-refractivity contribution < 1.29 is 19.7 Å². The average Bonchev–Trinajstić information content (AvgIpc) is 1.80. The van der Waals surface area contributed by atoms with Crippen molar-refractivity contribution in [2.45, 2.75) is 26.6 Å². The molecule has 0 aliphatic heterocycles. The summed E-state index contributed by atoms with van der Waals surface area (Å²) in [6, 6.07) is 0. The third kappa shape index (κ3) is 5.82. The molecule has 0 saturated heterocycles. The number of ether oxygens (including phenoxy) is 1. The number of carbonyl (C=O) groups is 1. The molecule has 0 spiro atoms. The zero-order valence-electron chi connectivity index (χ0n) is 7.00. The minimum atomic E-state index is -1.25. The Balaban J connectivity index is 3.63.